The molecule has 0 radical (unpaired) electrons. The first-order chi connectivity index (χ1) is 13.3. The van der Waals surface area contributed by atoms with Gasteiger partial charge < -0.3 is 15.1 Å². The number of hydrogen-bond donors (Lipinski definition) is 1. The van der Waals surface area contributed by atoms with Gasteiger partial charge in [-0.05, 0) is 36.5 Å². The Balaban J connectivity index is 0.00000150. The lowest BCUT2D eigenvalue weighted by Gasteiger charge is -2.36. The SMILES string of the molecule is CCc1ccc(C2CNCCN2C(=O)c2ccnc(N3CCCC3)n2)cc1.Cl.Cl. The summed E-state index contributed by atoms with van der Waals surface area (Å²) in [5.74, 6) is 0.668. The number of anilines is 1. The molecule has 0 bridgehead atoms. The normalized spacial score (nSPS) is 18.7. The molecule has 1 aromatic carbocycles. The Morgan fingerprint density at radius 1 is 1.10 bits per heavy atom. The molecule has 158 valence electrons. The van der Waals surface area contributed by atoms with Crippen molar-refractivity contribution in [1.82, 2.24) is 20.2 Å². The van der Waals surface area contributed by atoms with Crippen LogP contribution in [0, 0.1) is 0 Å². The highest BCUT2D eigenvalue weighted by molar-refractivity contribution is 5.93. The Morgan fingerprint density at radius 3 is 2.52 bits per heavy atom. The predicted molar refractivity (Wildman–Crippen MR) is 120 cm³/mol. The van der Waals surface area contributed by atoms with Crippen LogP contribution in [0.3, 0.4) is 0 Å². The fraction of sp³-hybridized carbons (Fsp3) is 0.476. The maximum atomic E-state index is 13.3. The maximum absolute atomic E-state index is 13.3. The number of aryl methyl sites for hydroxylation is 1. The number of aromatic nitrogens is 2. The van der Waals surface area contributed by atoms with Gasteiger partial charge in [-0.15, -0.1) is 24.8 Å². The summed E-state index contributed by atoms with van der Waals surface area (Å²) in [5.41, 5.74) is 2.97. The third-order valence-corrected chi connectivity index (χ3v) is 5.53. The number of benzene rings is 1. The van der Waals surface area contributed by atoms with Gasteiger partial charge in [0.2, 0.25) is 5.95 Å². The molecule has 1 unspecified atom stereocenters. The van der Waals surface area contributed by atoms with Crippen LogP contribution in [-0.4, -0.2) is 53.5 Å². The summed E-state index contributed by atoms with van der Waals surface area (Å²) in [6.07, 6.45) is 5.05. The minimum absolute atomic E-state index is 0. The van der Waals surface area contributed by atoms with E-state index in [2.05, 4.69) is 51.4 Å². The summed E-state index contributed by atoms with van der Waals surface area (Å²) in [5, 5.41) is 3.42. The van der Waals surface area contributed by atoms with Gasteiger partial charge in [0, 0.05) is 38.9 Å². The van der Waals surface area contributed by atoms with Gasteiger partial charge in [0.05, 0.1) is 6.04 Å². The maximum Gasteiger partial charge on any atom is 0.273 e. The lowest BCUT2D eigenvalue weighted by atomic mass is 10.0. The van der Waals surface area contributed by atoms with E-state index in [0.717, 1.165) is 45.4 Å². The quantitative estimate of drug-likeness (QED) is 0.794. The summed E-state index contributed by atoms with van der Waals surface area (Å²) in [6.45, 7) is 6.35. The molecule has 2 saturated heterocycles. The average molecular weight is 438 g/mol. The van der Waals surface area contributed by atoms with E-state index in [1.807, 2.05) is 4.90 Å². The number of nitrogens with zero attached hydrogens (tertiary/aromatic N) is 4. The van der Waals surface area contributed by atoms with Crippen molar-refractivity contribution in [3.63, 3.8) is 0 Å². The third kappa shape index (κ3) is 5.18. The lowest BCUT2D eigenvalue weighted by Crippen LogP contribution is -2.49. The van der Waals surface area contributed by atoms with E-state index in [1.165, 1.54) is 11.1 Å². The number of amides is 1. The van der Waals surface area contributed by atoms with E-state index in [1.54, 1.807) is 12.3 Å². The first kappa shape index (κ1) is 23.4. The molecule has 0 saturated carbocycles. The molecule has 1 atom stereocenters. The van der Waals surface area contributed by atoms with Crippen molar-refractivity contribution >= 4 is 36.7 Å². The van der Waals surface area contributed by atoms with Crippen LogP contribution >= 0.6 is 24.8 Å². The van der Waals surface area contributed by atoms with Gasteiger partial charge in [-0.1, -0.05) is 31.2 Å². The fourth-order valence-electron chi connectivity index (χ4n) is 3.90. The molecule has 2 aliphatic rings. The van der Waals surface area contributed by atoms with Crippen molar-refractivity contribution in [2.24, 2.45) is 0 Å². The number of hydrogen-bond acceptors (Lipinski definition) is 5. The van der Waals surface area contributed by atoms with Gasteiger partial charge in [-0.2, -0.15) is 0 Å². The molecule has 0 spiro atoms. The second kappa shape index (κ2) is 10.8. The van der Waals surface area contributed by atoms with Crippen LogP contribution in [0.25, 0.3) is 0 Å². The molecule has 2 aromatic rings. The number of carbonyl (C=O) groups excluding carboxylic acids is 1. The Morgan fingerprint density at radius 2 is 1.83 bits per heavy atom. The smallest absolute Gasteiger partial charge is 0.273 e. The minimum atomic E-state index is -0.0103. The molecular formula is C21H29Cl2N5O. The van der Waals surface area contributed by atoms with Crippen molar-refractivity contribution in [2.75, 3.05) is 37.6 Å². The Labute approximate surface area is 184 Å². The molecule has 0 aliphatic carbocycles. The van der Waals surface area contributed by atoms with E-state index < -0.39 is 0 Å². The fourth-order valence-corrected chi connectivity index (χ4v) is 3.90. The molecule has 1 aromatic heterocycles. The zero-order chi connectivity index (χ0) is 18.6. The van der Waals surface area contributed by atoms with Crippen molar-refractivity contribution < 1.29 is 4.79 Å². The van der Waals surface area contributed by atoms with Gasteiger partial charge in [0.1, 0.15) is 5.69 Å². The van der Waals surface area contributed by atoms with E-state index in [4.69, 9.17) is 0 Å². The van der Waals surface area contributed by atoms with Crippen molar-refractivity contribution in [2.45, 2.75) is 32.2 Å². The van der Waals surface area contributed by atoms with Crippen LogP contribution in [0.5, 0.6) is 0 Å². The third-order valence-electron chi connectivity index (χ3n) is 5.53. The highest BCUT2D eigenvalue weighted by atomic mass is 35.5. The molecule has 2 fully saturated rings. The summed E-state index contributed by atoms with van der Waals surface area (Å²) < 4.78 is 0. The van der Waals surface area contributed by atoms with Gasteiger partial charge in [-0.25, -0.2) is 9.97 Å². The molecule has 3 heterocycles. The molecule has 29 heavy (non-hydrogen) atoms. The zero-order valence-corrected chi connectivity index (χ0v) is 18.3. The van der Waals surface area contributed by atoms with Crippen molar-refractivity contribution in [3.8, 4) is 0 Å². The Kier molecular flexibility index (Phi) is 8.68. The van der Waals surface area contributed by atoms with Crippen LogP contribution in [0.4, 0.5) is 5.95 Å². The van der Waals surface area contributed by atoms with Gasteiger partial charge in [-0.3, -0.25) is 4.79 Å². The number of carbonyl (C=O) groups is 1. The molecule has 1 N–H and O–H groups in total. The Hall–Kier alpha value is -1.89. The summed E-state index contributed by atoms with van der Waals surface area (Å²) >= 11 is 0. The average Bonchev–Trinajstić information content (AvgIpc) is 3.28. The molecule has 4 rings (SSSR count). The molecule has 1 amide bonds. The minimum Gasteiger partial charge on any atom is -0.341 e. The van der Waals surface area contributed by atoms with Crippen LogP contribution in [-0.2, 0) is 6.42 Å². The summed E-state index contributed by atoms with van der Waals surface area (Å²) in [4.78, 5) is 26.3. The van der Waals surface area contributed by atoms with E-state index in [9.17, 15) is 4.79 Å². The first-order valence-corrected chi connectivity index (χ1v) is 9.95. The van der Waals surface area contributed by atoms with E-state index in [-0.39, 0.29) is 36.8 Å². The van der Waals surface area contributed by atoms with E-state index in [0.29, 0.717) is 18.2 Å². The second-order valence-corrected chi connectivity index (χ2v) is 7.25. The Bertz CT molecular complexity index is 796. The van der Waals surface area contributed by atoms with Crippen molar-refractivity contribution in [3.05, 3.63) is 53.3 Å². The first-order valence-electron chi connectivity index (χ1n) is 9.95. The molecule has 6 nitrogen and oxygen atoms in total. The number of rotatable bonds is 4. The number of nitrogens with one attached hydrogen (secondary N) is 1. The number of halogens is 2. The standard InChI is InChI=1S/C21H27N5O.2ClH/c1-2-16-5-7-17(8-6-16)19-15-22-11-14-26(19)20(27)18-9-10-23-21(24-18)25-12-3-4-13-25;;/h5-10,19,22H,2-4,11-15H2,1H3;2*1H. The van der Waals surface area contributed by atoms with Crippen LogP contribution in [0.2, 0.25) is 0 Å². The molecule has 8 heteroatoms. The van der Waals surface area contributed by atoms with Crippen molar-refractivity contribution in [1.29, 1.82) is 0 Å². The van der Waals surface area contributed by atoms with Gasteiger partial charge >= 0.3 is 0 Å². The highest BCUT2D eigenvalue weighted by Gasteiger charge is 2.30. The highest BCUT2D eigenvalue weighted by Crippen LogP contribution is 2.25. The number of piperazine rings is 1. The lowest BCUT2D eigenvalue weighted by molar-refractivity contribution is 0.0628. The second-order valence-electron chi connectivity index (χ2n) is 7.25. The topological polar surface area (TPSA) is 61.4 Å². The van der Waals surface area contributed by atoms with Gasteiger partial charge in [0.25, 0.3) is 5.91 Å². The largest absolute Gasteiger partial charge is 0.341 e. The van der Waals surface area contributed by atoms with Crippen LogP contribution in [0.1, 0.15) is 47.4 Å². The predicted octanol–water partition coefficient (Wildman–Crippen LogP) is 3.27. The van der Waals surface area contributed by atoms with Gasteiger partial charge in [0.15, 0.2) is 0 Å². The summed E-state index contributed by atoms with van der Waals surface area (Å²) in [6, 6.07) is 10.4. The zero-order valence-electron chi connectivity index (χ0n) is 16.7. The summed E-state index contributed by atoms with van der Waals surface area (Å²) in [7, 11) is 0. The van der Waals surface area contributed by atoms with E-state index >= 15 is 0 Å². The molecular weight excluding hydrogens is 409 g/mol. The van der Waals surface area contributed by atoms with Crippen LogP contribution in [0.15, 0.2) is 36.5 Å². The van der Waals surface area contributed by atoms with Crippen LogP contribution < -0.4 is 10.2 Å². The monoisotopic (exact) mass is 437 g/mol. The molecule has 2 aliphatic heterocycles.